The maximum Gasteiger partial charge on any atom is 0.144 e. The molecule has 112 valence electrons. The van der Waals surface area contributed by atoms with Crippen LogP contribution in [0.15, 0.2) is 36.4 Å². The van der Waals surface area contributed by atoms with Crippen molar-refractivity contribution in [2.24, 2.45) is 0 Å². The Hall–Kier alpha value is -2.16. The third kappa shape index (κ3) is 3.48. The van der Waals surface area contributed by atoms with Gasteiger partial charge in [0.25, 0.3) is 0 Å². The van der Waals surface area contributed by atoms with Gasteiger partial charge in [-0.3, -0.25) is 0 Å². The van der Waals surface area contributed by atoms with E-state index in [4.69, 9.17) is 10.5 Å². The quantitative estimate of drug-likeness (QED) is 0.825. The highest BCUT2D eigenvalue weighted by Gasteiger charge is 2.10. The summed E-state index contributed by atoms with van der Waals surface area (Å²) in [5.74, 6) is 0.756. The van der Waals surface area contributed by atoms with Gasteiger partial charge in [-0.15, -0.1) is 0 Å². The van der Waals surface area contributed by atoms with Crippen LogP contribution in [0, 0.1) is 13.8 Å². The van der Waals surface area contributed by atoms with E-state index in [2.05, 4.69) is 50.9 Å². The lowest BCUT2D eigenvalue weighted by atomic mass is 10.1. The molecule has 0 saturated carbocycles. The van der Waals surface area contributed by atoms with Gasteiger partial charge in [0.15, 0.2) is 0 Å². The van der Waals surface area contributed by atoms with Gasteiger partial charge in [-0.25, -0.2) is 0 Å². The molecule has 0 spiro atoms. The number of anilines is 3. The molecule has 21 heavy (non-hydrogen) atoms. The molecule has 0 aliphatic carbocycles. The van der Waals surface area contributed by atoms with E-state index >= 15 is 0 Å². The fourth-order valence-electron chi connectivity index (χ4n) is 2.39. The maximum absolute atomic E-state index is 5.98. The van der Waals surface area contributed by atoms with Crippen molar-refractivity contribution in [1.29, 1.82) is 0 Å². The zero-order valence-corrected chi connectivity index (χ0v) is 13.3. The Balaban J connectivity index is 2.32. The van der Waals surface area contributed by atoms with Crippen LogP contribution in [0.1, 0.15) is 24.5 Å². The molecule has 0 radical (unpaired) electrons. The third-order valence-corrected chi connectivity index (χ3v) is 3.56. The minimum atomic E-state index is 0.681. The lowest BCUT2D eigenvalue weighted by Crippen LogP contribution is -2.11. The first-order valence-electron chi connectivity index (χ1n) is 7.36. The van der Waals surface area contributed by atoms with Gasteiger partial charge in [0.1, 0.15) is 5.75 Å². The van der Waals surface area contributed by atoms with Crippen molar-refractivity contribution in [3.05, 3.63) is 47.5 Å². The predicted molar refractivity (Wildman–Crippen MR) is 90.6 cm³/mol. The fourth-order valence-corrected chi connectivity index (χ4v) is 2.39. The molecular weight excluding hydrogens is 260 g/mol. The van der Waals surface area contributed by atoms with Crippen LogP contribution in [-0.2, 0) is 0 Å². The molecule has 2 aromatic rings. The normalized spacial score (nSPS) is 10.5. The minimum Gasteiger partial charge on any atom is -0.491 e. The van der Waals surface area contributed by atoms with Crippen LogP contribution in [0.3, 0.4) is 0 Å². The van der Waals surface area contributed by atoms with Gasteiger partial charge in [0.05, 0.1) is 12.3 Å². The zero-order chi connectivity index (χ0) is 15.4. The number of nitrogens with two attached hydrogens (primary N) is 1. The summed E-state index contributed by atoms with van der Waals surface area (Å²) >= 11 is 0. The van der Waals surface area contributed by atoms with E-state index in [1.165, 1.54) is 16.8 Å². The molecule has 0 aliphatic rings. The third-order valence-electron chi connectivity index (χ3n) is 3.56. The van der Waals surface area contributed by atoms with E-state index in [1.54, 1.807) is 0 Å². The largest absolute Gasteiger partial charge is 0.491 e. The van der Waals surface area contributed by atoms with Crippen molar-refractivity contribution in [2.45, 2.75) is 27.2 Å². The van der Waals surface area contributed by atoms with Gasteiger partial charge in [-0.2, -0.15) is 0 Å². The Kier molecular flexibility index (Phi) is 4.73. The van der Waals surface area contributed by atoms with Crippen molar-refractivity contribution in [3.63, 3.8) is 0 Å². The number of ether oxygens (including phenoxy) is 1. The lowest BCUT2D eigenvalue weighted by Gasteiger charge is -2.23. The summed E-state index contributed by atoms with van der Waals surface area (Å²) in [5, 5.41) is 0. The second-order valence-electron chi connectivity index (χ2n) is 5.42. The monoisotopic (exact) mass is 284 g/mol. The molecule has 0 aliphatic heterocycles. The standard InChI is InChI=1S/C18H24N2O/c1-5-10-21-18-12-15(7-8-16(18)19)20(4)17-9-6-13(2)11-14(17)3/h6-9,11-12H,5,10,19H2,1-4H3. The predicted octanol–water partition coefficient (Wildman–Crippen LogP) is 4.44. The molecule has 2 aromatic carbocycles. The van der Waals surface area contributed by atoms with Crippen LogP contribution in [0.5, 0.6) is 5.75 Å². The van der Waals surface area contributed by atoms with Crippen molar-refractivity contribution < 1.29 is 4.74 Å². The Morgan fingerprint density at radius 3 is 2.52 bits per heavy atom. The Morgan fingerprint density at radius 1 is 1.10 bits per heavy atom. The maximum atomic E-state index is 5.98. The molecule has 0 unspecified atom stereocenters. The van der Waals surface area contributed by atoms with Gasteiger partial charge in [-0.05, 0) is 44.0 Å². The Bertz CT molecular complexity index is 623. The first kappa shape index (κ1) is 15.2. The number of hydrogen-bond acceptors (Lipinski definition) is 3. The van der Waals surface area contributed by atoms with E-state index in [-0.39, 0.29) is 0 Å². The van der Waals surface area contributed by atoms with Crippen molar-refractivity contribution in [3.8, 4) is 5.75 Å². The Labute approximate surface area is 127 Å². The smallest absolute Gasteiger partial charge is 0.144 e. The molecule has 2 N–H and O–H groups in total. The highest BCUT2D eigenvalue weighted by Crippen LogP contribution is 2.32. The Morgan fingerprint density at radius 2 is 1.86 bits per heavy atom. The van der Waals surface area contributed by atoms with Gasteiger partial charge < -0.3 is 15.4 Å². The van der Waals surface area contributed by atoms with Crippen LogP contribution < -0.4 is 15.4 Å². The topological polar surface area (TPSA) is 38.5 Å². The highest BCUT2D eigenvalue weighted by atomic mass is 16.5. The highest BCUT2D eigenvalue weighted by molar-refractivity contribution is 5.70. The summed E-state index contributed by atoms with van der Waals surface area (Å²) in [5.41, 5.74) is 11.4. The summed E-state index contributed by atoms with van der Waals surface area (Å²) in [7, 11) is 2.06. The van der Waals surface area contributed by atoms with Crippen molar-refractivity contribution >= 4 is 17.1 Å². The molecule has 2 rings (SSSR count). The summed E-state index contributed by atoms with van der Waals surface area (Å²) in [4.78, 5) is 2.16. The molecule has 3 heteroatoms. The van der Waals surface area contributed by atoms with E-state index in [1.807, 2.05) is 18.2 Å². The van der Waals surface area contributed by atoms with Gasteiger partial charge >= 0.3 is 0 Å². The van der Waals surface area contributed by atoms with Crippen molar-refractivity contribution in [1.82, 2.24) is 0 Å². The zero-order valence-electron chi connectivity index (χ0n) is 13.3. The van der Waals surface area contributed by atoms with Crippen LogP contribution in [-0.4, -0.2) is 13.7 Å². The summed E-state index contributed by atoms with van der Waals surface area (Å²) in [6, 6.07) is 12.4. The van der Waals surface area contributed by atoms with E-state index in [9.17, 15) is 0 Å². The van der Waals surface area contributed by atoms with Crippen LogP contribution in [0.25, 0.3) is 0 Å². The summed E-state index contributed by atoms with van der Waals surface area (Å²) < 4.78 is 5.71. The van der Waals surface area contributed by atoms with Gasteiger partial charge in [0.2, 0.25) is 0 Å². The van der Waals surface area contributed by atoms with Crippen molar-refractivity contribution in [2.75, 3.05) is 24.3 Å². The number of nitrogen functional groups attached to an aromatic ring is 1. The van der Waals surface area contributed by atoms with E-state index in [0.29, 0.717) is 12.3 Å². The molecule has 0 saturated heterocycles. The van der Waals surface area contributed by atoms with Gasteiger partial charge in [-0.1, -0.05) is 24.6 Å². The number of hydrogen-bond donors (Lipinski definition) is 1. The molecule has 0 aromatic heterocycles. The second-order valence-corrected chi connectivity index (χ2v) is 5.42. The lowest BCUT2D eigenvalue weighted by molar-refractivity contribution is 0.319. The van der Waals surface area contributed by atoms with Crippen LogP contribution in [0.2, 0.25) is 0 Å². The van der Waals surface area contributed by atoms with Crippen LogP contribution in [0.4, 0.5) is 17.1 Å². The average molecular weight is 284 g/mol. The van der Waals surface area contributed by atoms with Gasteiger partial charge in [0, 0.05) is 24.5 Å². The molecule has 0 atom stereocenters. The average Bonchev–Trinajstić information content (AvgIpc) is 2.46. The molecule has 0 bridgehead atoms. The molecule has 0 heterocycles. The number of aryl methyl sites for hydroxylation is 2. The number of nitrogens with zero attached hydrogens (tertiary/aromatic N) is 1. The van der Waals surface area contributed by atoms with E-state index in [0.717, 1.165) is 17.9 Å². The fraction of sp³-hybridized carbons (Fsp3) is 0.333. The van der Waals surface area contributed by atoms with Crippen LogP contribution >= 0.6 is 0 Å². The molecule has 3 nitrogen and oxygen atoms in total. The van der Waals surface area contributed by atoms with E-state index < -0.39 is 0 Å². The summed E-state index contributed by atoms with van der Waals surface area (Å²) in [6.07, 6.45) is 0.969. The first-order chi connectivity index (χ1) is 10.0. The first-order valence-corrected chi connectivity index (χ1v) is 7.36. The summed E-state index contributed by atoms with van der Waals surface area (Å²) in [6.45, 7) is 7.00. The number of rotatable bonds is 5. The molecule has 0 amide bonds. The SMILES string of the molecule is CCCOc1cc(N(C)c2ccc(C)cc2C)ccc1N. The second kappa shape index (κ2) is 6.53. The minimum absolute atomic E-state index is 0.681. The molecular formula is C18H24N2O. The molecule has 0 fully saturated rings. The number of benzene rings is 2.